The van der Waals surface area contributed by atoms with Gasteiger partial charge in [0.1, 0.15) is 0 Å². The van der Waals surface area contributed by atoms with Gasteiger partial charge in [-0.2, -0.15) is 0 Å². The Morgan fingerprint density at radius 1 is 1.00 bits per heavy atom. The third kappa shape index (κ3) is 6.51. The fourth-order valence-electron chi connectivity index (χ4n) is 2.25. The molecule has 1 aromatic carbocycles. The van der Waals surface area contributed by atoms with Gasteiger partial charge in [0, 0.05) is 0 Å². The highest BCUT2D eigenvalue weighted by molar-refractivity contribution is 5.23. The van der Waals surface area contributed by atoms with Gasteiger partial charge < -0.3 is 0 Å². The molecule has 0 fully saturated rings. The van der Waals surface area contributed by atoms with Gasteiger partial charge >= 0.3 is 0 Å². The van der Waals surface area contributed by atoms with Gasteiger partial charge in [-0.15, -0.1) is 0 Å². The predicted octanol–water partition coefficient (Wildman–Crippen LogP) is 5.95. The van der Waals surface area contributed by atoms with E-state index in [-0.39, 0.29) is 0 Å². The Bertz CT molecular complexity index is 271. The summed E-state index contributed by atoms with van der Waals surface area (Å²) in [4.78, 5) is 0. The molecule has 0 aliphatic carbocycles. The van der Waals surface area contributed by atoms with Crippen molar-refractivity contribution >= 4 is 0 Å². The molecule has 0 saturated heterocycles. The Morgan fingerprint density at radius 3 is 2.00 bits per heavy atom. The van der Waals surface area contributed by atoms with E-state index in [9.17, 15) is 0 Å². The second-order valence-electron chi connectivity index (χ2n) is 4.94. The number of rotatable bonds is 5. The van der Waals surface area contributed by atoms with Gasteiger partial charge in [0.05, 0.1) is 0 Å². The quantitative estimate of drug-likeness (QED) is 0.590. The molecule has 0 heterocycles. The number of hydrogen-bond donors (Lipinski definition) is 0. The van der Waals surface area contributed by atoms with Crippen LogP contribution < -0.4 is 0 Å². The molecule has 2 unspecified atom stereocenters. The minimum atomic E-state index is 0.701. The standard InChI is InChI=1S/C15H24.C2H6/c1-5-6-13(3)11-14(4)15-9-7-12(2)8-10-15;1-2/h7-10,13-14H,5-6,11H2,1-4H3;1-2H3. The first-order valence-electron chi connectivity index (χ1n) is 7.20. The van der Waals surface area contributed by atoms with Crippen LogP contribution in [0.1, 0.15) is 70.9 Å². The zero-order valence-corrected chi connectivity index (χ0v) is 12.6. The Hall–Kier alpha value is -0.780. The van der Waals surface area contributed by atoms with E-state index in [0.717, 1.165) is 5.92 Å². The van der Waals surface area contributed by atoms with Gasteiger partial charge in [0.2, 0.25) is 0 Å². The summed E-state index contributed by atoms with van der Waals surface area (Å²) in [5, 5.41) is 0. The summed E-state index contributed by atoms with van der Waals surface area (Å²) in [5.41, 5.74) is 2.84. The fraction of sp³-hybridized carbons (Fsp3) is 0.647. The molecule has 0 spiro atoms. The maximum Gasteiger partial charge on any atom is -0.0188 e. The van der Waals surface area contributed by atoms with Crippen molar-refractivity contribution in [3.8, 4) is 0 Å². The van der Waals surface area contributed by atoms with E-state index < -0.39 is 0 Å². The monoisotopic (exact) mass is 234 g/mol. The smallest absolute Gasteiger partial charge is 0.0188 e. The van der Waals surface area contributed by atoms with Crippen molar-refractivity contribution in [3.63, 3.8) is 0 Å². The van der Waals surface area contributed by atoms with E-state index in [1.165, 1.54) is 30.4 Å². The van der Waals surface area contributed by atoms with Crippen molar-refractivity contribution in [1.82, 2.24) is 0 Å². The third-order valence-electron chi connectivity index (χ3n) is 3.18. The minimum Gasteiger partial charge on any atom is -0.0683 e. The zero-order valence-electron chi connectivity index (χ0n) is 12.6. The van der Waals surface area contributed by atoms with Crippen molar-refractivity contribution in [2.45, 2.75) is 66.7 Å². The number of hydrogen-bond acceptors (Lipinski definition) is 0. The zero-order chi connectivity index (χ0) is 13.3. The van der Waals surface area contributed by atoms with E-state index in [2.05, 4.69) is 52.0 Å². The average Bonchev–Trinajstić information content (AvgIpc) is 2.32. The third-order valence-corrected chi connectivity index (χ3v) is 3.18. The molecule has 0 aliphatic rings. The van der Waals surface area contributed by atoms with E-state index in [0.29, 0.717) is 5.92 Å². The summed E-state index contributed by atoms with van der Waals surface area (Å²) in [6, 6.07) is 8.99. The van der Waals surface area contributed by atoms with E-state index >= 15 is 0 Å². The second-order valence-corrected chi connectivity index (χ2v) is 4.94. The van der Waals surface area contributed by atoms with E-state index in [4.69, 9.17) is 0 Å². The van der Waals surface area contributed by atoms with Gasteiger partial charge in [-0.25, -0.2) is 0 Å². The molecular formula is C17H30. The van der Waals surface area contributed by atoms with Crippen molar-refractivity contribution in [2.75, 3.05) is 0 Å². The van der Waals surface area contributed by atoms with Crippen LogP contribution >= 0.6 is 0 Å². The second kappa shape index (κ2) is 9.27. The van der Waals surface area contributed by atoms with Gasteiger partial charge in [-0.3, -0.25) is 0 Å². The SMILES string of the molecule is CC.CCCC(C)CC(C)c1ccc(C)cc1. The summed E-state index contributed by atoms with van der Waals surface area (Å²) in [5.74, 6) is 1.55. The molecule has 1 aromatic rings. The summed E-state index contributed by atoms with van der Waals surface area (Å²) in [7, 11) is 0. The first kappa shape index (κ1) is 16.2. The van der Waals surface area contributed by atoms with Crippen LogP contribution in [0.3, 0.4) is 0 Å². The molecular weight excluding hydrogens is 204 g/mol. The van der Waals surface area contributed by atoms with Crippen molar-refractivity contribution < 1.29 is 0 Å². The van der Waals surface area contributed by atoms with Gasteiger partial charge in [0.25, 0.3) is 0 Å². The highest BCUT2D eigenvalue weighted by Crippen LogP contribution is 2.25. The number of benzene rings is 1. The molecule has 2 atom stereocenters. The maximum absolute atomic E-state index is 2.37. The maximum atomic E-state index is 2.37. The van der Waals surface area contributed by atoms with Crippen LogP contribution in [-0.2, 0) is 0 Å². The Morgan fingerprint density at radius 2 is 1.53 bits per heavy atom. The summed E-state index contributed by atoms with van der Waals surface area (Å²) in [6.45, 7) is 13.1. The first-order chi connectivity index (χ1) is 8.13. The van der Waals surface area contributed by atoms with Crippen LogP contribution in [0.2, 0.25) is 0 Å². The molecule has 0 aliphatic heterocycles. The highest BCUT2D eigenvalue weighted by Gasteiger charge is 2.09. The summed E-state index contributed by atoms with van der Waals surface area (Å²) < 4.78 is 0. The van der Waals surface area contributed by atoms with Crippen molar-refractivity contribution in [3.05, 3.63) is 35.4 Å². The molecule has 1 rings (SSSR count). The largest absolute Gasteiger partial charge is 0.0683 e. The average molecular weight is 234 g/mol. The normalized spacial score (nSPS) is 13.5. The summed E-state index contributed by atoms with van der Waals surface area (Å²) >= 11 is 0. The molecule has 0 nitrogen and oxygen atoms in total. The molecule has 98 valence electrons. The van der Waals surface area contributed by atoms with Crippen LogP contribution in [-0.4, -0.2) is 0 Å². The molecule has 0 bridgehead atoms. The lowest BCUT2D eigenvalue weighted by atomic mass is 9.89. The van der Waals surface area contributed by atoms with Gasteiger partial charge in [-0.05, 0) is 30.7 Å². The molecule has 0 amide bonds. The van der Waals surface area contributed by atoms with Crippen LogP contribution in [0.15, 0.2) is 24.3 Å². The highest BCUT2D eigenvalue weighted by atomic mass is 14.1. The van der Waals surface area contributed by atoms with Gasteiger partial charge in [-0.1, -0.05) is 77.3 Å². The van der Waals surface area contributed by atoms with Crippen LogP contribution in [0.25, 0.3) is 0 Å². The van der Waals surface area contributed by atoms with Crippen molar-refractivity contribution in [2.24, 2.45) is 5.92 Å². The fourth-order valence-corrected chi connectivity index (χ4v) is 2.25. The predicted molar refractivity (Wildman–Crippen MR) is 79.6 cm³/mol. The van der Waals surface area contributed by atoms with Crippen LogP contribution in [0, 0.1) is 12.8 Å². The molecule has 0 N–H and O–H groups in total. The summed E-state index contributed by atoms with van der Waals surface area (Å²) in [6.07, 6.45) is 3.98. The first-order valence-corrected chi connectivity index (χ1v) is 7.20. The Labute approximate surface area is 108 Å². The van der Waals surface area contributed by atoms with Crippen LogP contribution in [0.5, 0.6) is 0 Å². The lowest BCUT2D eigenvalue weighted by Crippen LogP contribution is -2.01. The molecule has 0 heteroatoms. The van der Waals surface area contributed by atoms with Crippen LogP contribution in [0.4, 0.5) is 0 Å². The van der Waals surface area contributed by atoms with Crippen molar-refractivity contribution in [1.29, 1.82) is 0 Å². The molecule has 17 heavy (non-hydrogen) atoms. The number of aryl methyl sites for hydroxylation is 1. The molecule has 0 aromatic heterocycles. The van der Waals surface area contributed by atoms with Gasteiger partial charge in [0.15, 0.2) is 0 Å². The molecule has 0 radical (unpaired) electrons. The Kier molecular flexibility index (Phi) is 8.85. The lowest BCUT2D eigenvalue weighted by Gasteiger charge is -2.17. The van der Waals surface area contributed by atoms with E-state index in [1.54, 1.807) is 0 Å². The lowest BCUT2D eigenvalue weighted by molar-refractivity contribution is 0.449. The molecule has 0 saturated carbocycles. The van der Waals surface area contributed by atoms with E-state index in [1.807, 2.05) is 13.8 Å². The Balaban J connectivity index is 0.00000121. The topological polar surface area (TPSA) is 0 Å². The minimum absolute atomic E-state index is 0.701.